The number of carbonyl (C=O) groups excluding carboxylic acids is 1. The second-order valence-electron chi connectivity index (χ2n) is 6.36. The largest absolute Gasteiger partial charge is 0.393 e. The fourth-order valence-corrected chi connectivity index (χ4v) is 3.34. The maximum atomic E-state index is 12.7. The van der Waals surface area contributed by atoms with E-state index >= 15 is 0 Å². The molecule has 3 aromatic rings. The Morgan fingerprint density at radius 1 is 1.33 bits per heavy atom. The number of pyridine rings is 1. The van der Waals surface area contributed by atoms with Crippen molar-refractivity contribution in [3.05, 3.63) is 70.0 Å². The van der Waals surface area contributed by atoms with E-state index in [1.165, 1.54) is 18.2 Å². The summed E-state index contributed by atoms with van der Waals surface area (Å²) in [4.78, 5) is 32.3. The molecule has 0 aliphatic carbocycles. The van der Waals surface area contributed by atoms with Gasteiger partial charge in [0.2, 0.25) is 0 Å². The van der Waals surface area contributed by atoms with Crippen LogP contribution >= 0.6 is 0 Å². The number of hydrogen-bond acceptors (Lipinski definition) is 5. The van der Waals surface area contributed by atoms with Crippen molar-refractivity contribution in [3.63, 3.8) is 0 Å². The van der Waals surface area contributed by atoms with Crippen LogP contribution in [0.2, 0.25) is 0 Å². The van der Waals surface area contributed by atoms with Gasteiger partial charge in [0.15, 0.2) is 0 Å². The maximum absolute atomic E-state index is 12.7. The number of amides is 1. The predicted octanol–water partition coefficient (Wildman–Crippen LogP) is 2.98. The molecular weight excluding hydrogens is 346 g/mol. The van der Waals surface area contributed by atoms with Crippen LogP contribution < -0.4 is 5.73 Å². The van der Waals surface area contributed by atoms with Gasteiger partial charge < -0.3 is 15.6 Å². The van der Waals surface area contributed by atoms with Gasteiger partial charge in [0.25, 0.3) is 11.6 Å². The molecule has 8 nitrogen and oxygen atoms in total. The number of nitrogen functional groups attached to an aromatic ring is 1. The van der Waals surface area contributed by atoms with Crippen molar-refractivity contribution in [1.29, 1.82) is 0 Å². The van der Waals surface area contributed by atoms with Crippen LogP contribution in [-0.4, -0.2) is 38.8 Å². The number of rotatable bonds is 3. The van der Waals surface area contributed by atoms with Crippen LogP contribution in [-0.2, 0) is 0 Å². The number of H-pyrrole nitrogens is 1. The van der Waals surface area contributed by atoms with Gasteiger partial charge in [-0.1, -0.05) is 6.08 Å². The highest BCUT2D eigenvalue weighted by molar-refractivity contribution is 5.97. The summed E-state index contributed by atoms with van der Waals surface area (Å²) < 4.78 is 0. The van der Waals surface area contributed by atoms with E-state index in [4.69, 9.17) is 5.73 Å². The van der Waals surface area contributed by atoms with Gasteiger partial charge in [-0.05, 0) is 36.3 Å². The summed E-state index contributed by atoms with van der Waals surface area (Å²) in [6.45, 7) is 0.981. The molecule has 8 heteroatoms. The number of carbonyl (C=O) groups is 1. The highest BCUT2D eigenvalue weighted by atomic mass is 16.6. The molecule has 0 atom stereocenters. The second kappa shape index (κ2) is 6.56. The Bertz CT molecular complexity index is 1090. The molecule has 3 N–H and O–H groups in total. The molecule has 136 valence electrons. The third-order valence-electron chi connectivity index (χ3n) is 4.77. The number of aromatic nitrogens is 2. The van der Waals surface area contributed by atoms with Gasteiger partial charge in [-0.25, -0.2) is 4.98 Å². The quantitative estimate of drug-likeness (QED) is 0.421. The van der Waals surface area contributed by atoms with Gasteiger partial charge >= 0.3 is 0 Å². The molecule has 1 aliphatic heterocycles. The molecule has 2 aromatic heterocycles. The lowest BCUT2D eigenvalue weighted by atomic mass is 9.99. The zero-order valence-electron chi connectivity index (χ0n) is 14.4. The number of hydrogen-bond donors (Lipinski definition) is 2. The third-order valence-corrected chi connectivity index (χ3v) is 4.77. The number of nitrogens with two attached hydrogens (primary N) is 1. The number of fused-ring (bicyclic) bond motifs is 1. The van der Waals surface area contributed by atoms with Crippen LogP contribution in [0.15, 0.2) is 48.8 Å². The highest BCUT2D eigenvalue weighted by Gasteiger charge is 2.23. The van der Waals surface area contributed by atoms with Gasteiger partial charge in [0.1, 0.15) is 11.3 Å². The van der Waals surface area contributed by atoms with Gasteiger partial charge in [0.05, 0.1) is 4.92 Å². The summed E-state index contributed by atoms with van der Waals surface area (Å²) in [5, 5.41) is 12.1. The van der Waals surface area contributed by atoms with Crippen LogP contribution in [0.3, 0.4) is 0 Å². The monoisotopic (exact) mass is 363 g/mol. The number of nitrogens with one attached hydrogen (secondary N) is 1. The first kappa shape index (κ1) is 16.8. The lowest BCUT2D eigenvalue weighted by Crippen LogP contribution is -2.34. The first-order valence-corrected chi connectivity index (χ1v) is 8.49. The standard InChI is InChI=1S/C19H17N5O3/c20-16-4-3-13(10-17(16)24(26)27)19(25)23-8-5-12(6-9-23)15-11-22-18-14(15)2-1-7-21-18/h1-5,7,10-11H,6,8-9,20H2,(H,21,22). The van der Waals surface area contributed by atoms with E-state index in [-0.39, 0.29) is 22.8 Å². The predicted molar refractivity (Wildman–Crippen MR) is 102 cm³/mol. The normalized spacial score (nSPS) is 14.2. The Labute approximate surface area is 154 Å². The molecule has 0 fully saturated rings. The minimum absolute atomic E-state index is 0.0466. The Kier molecular flexibility index (Phi) is 4.08. The summed E-state index contributed by atoms with van der Waals surface area (Å²) in [5.41, 5.74) is 8.75. The first-order valence-electron chi connectivity index (χ1n) is 8.49. The fraction of sp³-hybridized carbons (Fsp3) is 0.158. The number of nitro benzene ring substituents is 1. The number of aromatic amines is 1. The zero-order valence-corrected chi connectivity index (χ0v) is 14.4. The fourth-order valence-electron chi connectivity index (χ4n) is 3.34. The first-order chi connectivity index (χ1) is 13.0. The van der Waals surface area contributed by atoms with Crippen LogP contribution in [0.4, 0.5) is 11.4 Å². The smallest absolute Gasteiger partial charge is 0.292 e. The molecule has 1 aliphatic rings. The molecule has 0 radical (unpaired) electrons. The lowest BCUT2D eigenvalue weighted by molar-refractivity contribution is -0.383. The highest BCUT2D eigenvalue weighted by Crippen LogP contribution is 2.29. The van der Waals surface area contributed by atoms with E-state index in [1.807, 2.05) is 24.4 Å². The van der Waals surface area contributed by atoms with Crippen molar-refractivity contribution in [1.82, 2.24) is 14.9 Å². The van der Waals surface area contributed by atoms with Crippen LogP contribution in [0.25, 0.3) is 16.6 Å². The van der Waals surface area contributed by atoms with Gasteiger partial charge in [-0.3, -0.25) is 14.9 Å². The number of anilines is 1. The summed E-state index contributed by atoms with van der Waals surface area (Å²) in [6, 6.07) is 8.07. The summed E-state index contributed by atoms with van der Waals surface area (Å²) in [6.07, 6.45) is 6.39. The van der Waals surface area contributed by atoms with Crippen molar-refractivity contribution in [2.75, 3.05) is 18.8 Å². The van der Waals surface area contributed by atoms with Crippen molar-refractivity contribution >= 4 is 33.9 Å². The molecule has 0 saturated carbocycles. The molecule has 27 heavy (non-hydrogen) atoms. The van der Waals surface area contributed by atoms with E-state index in [1.54, 1.807) is 11.1 Å². The molecule has 1 aromatic carbocycles. The molecule has 0 bridgehead atoms. The van der Waals surface area contributed by atoms with Crippen LogP contribution in [0.1, 0.15) is 22.3 Å². The molecule has 3 heterocycles. The zero-order chi connectivity index (χ0) is 19.0. The second-order valence-corrected chi connectivity index (χ2v) is 6.36. The van der Waals surface area contributed by atoms with Gasteiger partial charge in [-0.15, -0.1) is 0 Å². The average Bonchev–Trinajstić information content (AvgIpc) is 3.12. The van der Waals surface area contributed by atoms with Crippen molar-refractivity contribution in [3.8, 4) is 0 Å². The minimum atomic E-state index is -0.578. The van der Waals surface area contributed by atoms with E-state index in [0.717, 1.165) is 22.2 Å². The molecule has 1 amide bonds. The van der Waals surface area contributed by atoms with E-state index < -0.39 is 4.92 Å². The summed E-state index contributed by atoms with van der Waals surface area (Å²) in [7, 11) is 0. The van der Waals surface area contributed by atoms with Crippen LogP contribution in [0.5, 0.6) is 0 Å². The number of nitrogens with zero attached hydrogens (tertiary/aromatic N) is 3. The third kappa shape index (κ3) is 3.01. The summed E-state index contributed by atoms with van der Waals surface area (Å²) in [5.74, 6) is -0.242. The Morgan fingerprint density at radius 2 is 2.19 bits per heavy atom. The molecule has 4 rings (SSSR count). The van der Waals surface area contributed by atoms with Crippen LogP contribution in [0, 0.1) is 10.1 Å². The molecule has 0 unspecified atom stereocenters. The van der Waals surface area contributed by atoms with Gasteiger partial charge in [-0.2, -0.15) is 0 Å². The topological polar surface area (TPSA) is 118 Å². The number of nitro groups is 1. The van der Waals surface area contributed by atoms with E-state index in [0.29, 0.717) is 19.5 Å². The van der Waals surface area contributed by atoms with Crippen molar-refractivity contribution < 1.29 is 9.72 Å². The summed E-state index contributed by atoms with van der Waals surface area (Å²) >= 11 is 0. The molecule has 0 spiro atoms. The van der Waals surface area contributed by atoms with Crippen molar-refractivity contribution in [2.45, 2.75) is 6.42 Å². The van der Waals surface area contributed by atoms with Gasteiger partial charge in [0, 0.05) is 48.1 Å². The lowest BCUT2D eigenvalue weighted by Gasteiger charge is -2.26. The van der Waals surface area contributed by atoms with E-state index in [2.05, 4.69) is 9.97 Å². The number of benzene rings is 1. The minimum Gasteiger partial charge on any atom is -0.393 e. The SMILES string of the molecule is Nc1ccc(C(=O)N2CC=C(c3c[nH]c4ncccc34)CC2)cc1[N+](=O)[O-]. The Balaban J connectivity index is 1.56. The Hall–Kier alpha value is -3.68. The Morgan fingerprint density at radius 3 is 2.93 bits per heavy atom. The average molecular weight is 363 g/mol. The molecular formula is C19H17N5O3. The van der Waals surface area contributed by atoms with E-state index in [9.17, 15) is 14.9 Å². The van der Waals surface area contributed by atoms with Crippen molar-refractivity contribution in [2.24, 2.45) is 0 Å². The maximum Gasteiger partial charge on any atom is 0.292 e. The molecule has 0 saturated heterocycles.